The summed E-state index contributed by atoms with van der Waals surface area (Å²) < 4.78 is 17.4. The molecule has 1 N–H and O–H groups in total. The van der Waals surface area contributed by atoms with Gasteiger partial charge in [0.1, 0.15) is 5.58 Å². The summed E-state index contributed by atoms with van der Waals surface area (Å²) in [5.41, 5.74) is 3.37. The number of hydrogen-bond donors (Lipinski definition) is 1. The van der Waals surface area contributed by atoms with E-state index in [1.165, 1.54) is 30.5 Å². The van der Waals surface area contributed by atoms with Crippen LogP contribution in [0.1, 0.15) is 30.0 Å². The lowest BCUT2D eigenvalue weighted by Crippen LogP contribution is -2.16. The SMILES string of the molecule is COc1cc(/C=N/NC(=O)c2cc3cc([N+](=O)[O-])ccc3o2)cc(I)c1OC(C)C. The van der Waals surface area contributed by atoms with Gasteiger partial charge in [0.25, 0.3) is 5.69 Å². The summed E-state index contributed by atoms with van der Waals surface area (Å²) in [5, 5.41) is 15.3. The van der Waals surface area contributed by atoms with E-state index in [4.69, 9.17) is 13.9 Å². The summed E-state index contributed by atoms with van der Waals surface area (Å²) in [6, 6.07) is 9.12. The number of ether oxygens (including phenoxy) is 2. The molecule has 9 nitrogen and oxygen atoms in total. The molecule has 1 aromatic heterocycles. The van der Waals surface area contributed by atoms with Crippen LogP contribution in [0.5, 0.6) is 11.5 Å². The summed E-state index contributed by atoms with van der Waals surface area (Å²) in [6.07, 6.45) is 1.46. The molecule has 0 unspecified atom stereocenters. The van der Waals surface area contributed by atoms with Crippen molar-refractivity contribution in [2.75, 3.05) is 7.11 Å². The third-order valence-corrected chi connectivity index (χ3v) is 4.72. The topological polar surface area (TPSA) is 116 Å². The molecule has 0 bridgehead atoms. The Labute approximate surface area is 185 Å². The number of amides is 1. The monoisotopic (exact) mass is 523 g/mol. The molecule has 3 aromatic rings. The fraction of sp³-hybridized carbons (Fsp3) is 0.200. The lowest BCUT2D eigenvalue weighted by atomic mass is 10.2. The molecule has 3 rings (SSSR count). The van der Waals surface area contributed by atoms with Crippen molar-refractivity contribution in [3.8, 4) is 11.5 Å². The molecule has 2 aromatic carbocycles. The molecular weight excluding hydrogens is 505 g/mol. The second-order valence-electron chi connectivity index (χ2n) is 6.49. The first-order valence-corrected chi connectivity index (χ1v) is 9.92. The number of methoxy groups -OCH3 is 1. The standard InChI is InChI=1S/C20H18IN3O6/c1-11(2)29-19-15(21)6-12(7-17(19)28-3)10-22-23-20(25)18-9-13-8-14(24(26)27)4-5-16(13)30-18/h4-11H,1-3H3,(H,23,25)/b22-10+. The van der Waals surface area contributed by atoms with Crippen LogP contribution in [0.15, 0.2) is 45.9 Å². The number of halogens is 1. The molecule has 0 aliphatic rings. The van der Waals surface area contributed by atoms with Gasteiger partial charge in [-0.05, 0) is 66.3 Å². The van der Waals surface area contributed by atoms with Crippen LogP contribution < -0.4 is 14.9 Å². The van der Waals surface area contributed by atoms with Gasteiger partial charge < -0.3 is 13.9 Å². The molecular formula is C20H18IN3O6. The maximum absolute atomic E-state index is 12.3. The van der Waals surface area contributed by atoms with Crippen LogP contribution in [0.25, 0.3) is 11.0 Å². The highest BCUT2D eigenvalue weighted by atomic mass is 127. The first-order chi connectivity index (χ1) is 14.3. The molecule has 10 heteroatoms. The zero-order chi connectivity index (χ0) is 21.8. The number of hydrogen-bond acceptors (Lipinski definition) is 7. The number of nitrogens with one attached hydrogen (secondary N) is 1. The number of hydrazone groups is 1. The minimum absolute atomic E-state index is 0.00327. The first kappa shape index (κ1) is 21.6. The number of nitro groups is 1. The summed E-state index contributed by atoms with van der Waals surface area (Å²) in [4.78, 5) is 22.6. The number of furan rings is 1. The van der Waals surface area contributed by atoms with E-state index in [9.17, 15) is 14.9 Å². The molecule has 0 saturated heterocycles. The van der Waals surface area contributed by atoms with Crippen molar-refractivity contribution in [2.45, 2.75) is 20.0 Å². The lowest BCUT2D eigenvalue weighted by Gasteiger charge is -2.15. The van der Waals surface area contributed by atoms with E-state index in [2.05, 4.69) is 33.1 Å². The number of benzene rings is 2. The van der Waals surface area contributed by atoms with E-state index in [0.717, 1.165) is 3.57 Å². The van der Waals surface area contributed by atoms with E-state index in [-0.39, 0.29) is 17.6 Å². The Balaban J connectivity index is 1.75. The smallest absolute Gasteiger partial charge is 0.307 e. The second kappa shape index (κ2) is 9.11. The van der Waals surface area contributed by atoms with Crippen molar-refractivity contribution in [1.82, 2.24) is 5.43 Å². The van der Waals surface area contributed by atoms with Crippen LogP contribution in [-0.4, -0.2) is 30.3 Å². The Kier molecular flexibility index (Phi) is 6.55. The minimum atomic E-state index is -0.577. The maximum atomic E-state index is 12.3. The number of fused-ring (bicyclic) bond motifs is 1. The second-order valence-corrected chi connectivity index (χ2v) is 7.65. The fourth-order valence-electron chi connectivity index (χ4n) is 2.64. The molecule has 0 aliphatic carbocycles. The van der Waals surface area contributed by atoms with Crippen molar-refractivity contribution in [3.05, 3.63) is 61.4 Å². The molecule has 156 valence electrons. The molecule has 0 saturated carbocycles. The van der Waals surface area contributed by atoms with Crippen LogP contribution in [0.4, 0.5) is 5.69 Å². The maximum Gasteiger partial charge on any atom is 0.307 e. The molecule has 1 amide bonds. The third-order valence-electron chi connectivity index (χ3n) is 3.92. The van der Waals surface area contributed by atoms with Crippen molar-refractivity contribution in [3.63, 3.8) is 0 Å². The zero-order valence-corrected chi connectivity index (χ0v) is 18.5. The lowest BCUT2D eigenvalue weighted by molar-refractivity contribution is -0.384. The molecule has 30 heavy (non-hydrogen) atoms. The Hall–Kier alpha value is -3.15. The van der Waals surface area contributed by atoms with E-state index >= 15 is 0 Å². The summed E-state index contributed by atoms with van der Waals surface area (Å²) >= 11 is 2.14. The van der Waals surface area contributed by atoms with Gasteiger partial charge in [0.15, 0.2) is 17.3 Å². The molecule has 0 aliphatic heterocycles. The van der Waals surface area contributed by atoms with E-state index in [0.29, 0.717) is 28.0 Å². The Morgan fingerprint density at radius 1 is 1.30 bits per heavy atom. The van der Waals surface area contributed by atoms with Gasteiger partial charge in [0.2, 0.25) is 0 Å². The number of carbonyl (C=O) groups excluding carboxylic acids is 1. The molecule has 0 spiro atoms. The van der Waals surface area contributed by atoms with Crippen LogP contribution in [0, 0.1) is 13.7 Å². The van der Waals surface area contributed by atoms with Crippen LogP contribution in [-0.2, 0) is 0 Å². The molecule has 0 radical (unpaired) electrons. The number of carbonyl (C=O) groups is 1. The van der Waals surface area contributed by atoms with Crippen LogP contribution in [0.2, 0.25) is 0 Å². The highest BCUT2D eigenvalue weighted by Gasteiger charge is 2.15. The van der Waals surface area contributed by atoms with Gasteiger partial charge in [-0.15, -0.1) is 0 Å². The van der Waals surface area contributed by atoms with E-state index in [1.807, 2.05) is 19.9 Å². The molecule has 0 atom stereocenters. The molecule has 0 fully saturated rings. The van der Waals surface area contributed by atoms with Crippen molar-refractivity contribution >= 4 is 51.4 Å². The highest BCUT2D eigenvalue weighted by Crippen LogP contribution is 2.34. The first-order valence-electron chi connectivity index (χ1n) is 8.84. The van der Waals surface area contributed by atoms with Crippen LogP contribution in [0.3, 0.4) is 0 Å². The largest absolute Gasteiger partial charge is 0.493 e. The zero-order valence-electron chi connectivity index (χ0n) is 16.3. The van der Waals surface area contributed by atoms with Crippen LogP contribution >= 0.6 is 22.6 Å². The fourth-order valence-corrected chi connectivity index (χ4v) is 3.39. The average Bonchev–Trinajstić information content (AvgIpc) is 3.12. The van der Waals surface area contributed by atoms with Gasteiger partial charge >= 0.3 is 5.91 Å². The predicted octanol–water partition coefficient (Wildman–Crippen LogP) is 4.51. The number of nitro benzene ring substituents is 1. The van der Waals surface area contributed by atoms with Crippen molar-refractivity contribution < 1.29 is 23.6 Å². The summed E-state index contributed by atoms with van der Waals surface area (Å²) in [6.45, 7) is 3.85. The number of non-ortho nitro benzene ring substituents is 1. The van der Waals surface area contributed by atoms with Gasteiger partial charge in [-0.3, -0.25) is 14.9 Å². The third kappa shape index (κ3) is 4.87. The summed E-state index contributed by atoms with van der Waals surface area (Å²) in [7, 11) is 1.55. The van der Waals surface area contributed by atoms with Gasteiger partial charge in [0.05, 0.1) is 27.9 Å². The van der Waals surface area contributed by atoms with Gasteiger partial charge in [-0.25, -0.2) is 5.43 Å². The van der Waals surface area contributed by atoms with Gasteiger partial charge in [-0.2, -0.15) is 5.10 Å². The summed E-state index contributed by atoms with van der Waals surface area (Å²) in [5.74, 6) is 0.620. The average molecular weight is 523 g/mol. The van der Waals surface area contributed by atoms with Crippen molar-refractivity contribution in [1.29, 1.82) is 0 Å². The Morgan fingerprint density at radius 3 is 2.73 bits per heavy atom. The highest BCUT2D eigenvalue weighted by molar-refractivity contribution is 14.1. The normalized spacial score (nSPS) is 11.2. The molecule has 1 heterocycles. The van der Waals surface area contributed by atoms with Gasteiger partial charge in [0, 0.05) is 17.5 Å². The van der Waals surface area contributed by atoms with E-state index in [1.54, 1.807) is 13.2 Å². The quantitative estimate of drug-likeness (QED) is 0.211. The number of nitrogens with zero attached hydrogens (tertiary/aromatic N) is 2. The van der Waals surface area contributed by atoms with Crippen molar-refractivity contribution in [2.24, 2.45) is 5.10 Å². The minimum Gasteiger partial charge on any atom is -0.493 e. The number of rotatable bonds is 7. The van der Waals surface area contributed by atoms with Gasteiger partial charge in [-0.1, -0.05) is 0 Å². The Morgan fingerprint density at radius 2 is 2.07 bits per heavy atom. The predicted molar refractivity (Wildman–Crippen MR) is 119 cm³/mol. The van der Waals surface area contributed by atoms with E-state index < -0.39 is 10.8 Å². The Bertz CT molecular complexity index is 1140.